The maximum Gasteiger partial charge on any atom is 0.264 e. The fraction of sp³-hybridized carbons (Fsp3) is 0.333. The van der Waals surface area contributed by atoms with Crippen LogP contribution in [-0.2, 0) is 10.0 Å². The normalized spacial score (nSPS) is 11.1. The largest absolute Gasteiger partial charge is 0.496 e. The first-order valence-corrected chi connectivity index (χ1v) is 9.06. The number of hydrogen-bond donors (Lipinski definition) is 0. The molecule has 7 heteroatoms. The molecule has 0 unspecified atom stereocenters. The van der Waals surface area contributed by atoms with Gasteiger partial charge in [0, 0.05) is 13.1 Å². The molecule has 0 aliphatic rings. The van der Waals surface area contributed by atoms with Crippen molar-refractivity contribution in [3.8, 4) is 17.2 Å². The molecule has 0 bridgehead atoms. The summed E-state index contributed by atoms with van der Waals surface area (Å²) in [5, 5.41) is 0. The first-order chi connectivity index (χ1) is 11.8. The van der Waals surface area contributed by atoms with Crippen LogP contribution in [0.4, 0.5) is 5.69 Å². The third-order valence-electron chi connectivity index (χ3n) is 4.06. The van der Waals surface area contributed by atoms with Gasteiger partial charge >= 0.3 is 0 Å². The Morgan fingerprint density at radius 1 is 0.800 bits per heavy atom. The maximum atomic E-state index is 13.1. The van der Waals surface area contributed by atoms with Crippen LogP contribution in [0.25, 0.3) is 0 Å². The fourth-order valence-corrected chi connectivity index (χ4v) is 4.05. The summed E-state index contributed by atoms with van der Waals surface area (Å²) < 4.78 is 43.1. The predicted molar refractivity (Wildman–Crippen MR) is 97.6 cm³/mol. The molecule has 0 aliphatic heterocycles. The van der Waals surface area contributed by atoms with Crippen LogP contribution in [0.5, 0.6) is 17.2 Å². The van der Waals surface area contributed by atoms with Gasteiger partial charge in [0.2, 0.25) is 0 Å². The van der Waals surface area contributed by atoms with E-state index in [1.54, 1.807) is 44.4 Å². The second-order valence-corrected chi connectivity index (χ2v) is 7.54. The van der Waals surface area contributed by atoms with Gasteiger partial charge in [-0.05, 0) is 49.2 Å². The number of rotatable bonds is 6. The smallest absolute Gasteiger partial charge is 0.264 e. The van der Waals surface area contributed by atoms with Gasteiger partial charge < -0.3 is 14.2 Å². The minimum atomic E-state index is -3.73. The Bertz CT molecular complexity index is 877. The van der Waals surface area contributed by atoms with Gasteiger partial charge in [-0.3, -0.25) is 4.31 Å². The highest BCUT2D eigenvalue weighted by Crippen LogP contribution is 2.34. The van der Waals surface area contributed by atoms with Crippen LogP contribution in [0, 0.1) is 13.8 Å². The molecule has 0 saturated carbocycles. The minimum absolute atomic E-state index is 0.239. The summed E-state index contributed by atoms with van der Waals surface area (Å²) in [4.78, 5) is 0.239. The van der Waals surface area contributed by atoms with E-state index in [0.29, 0.717) is 28.5 Å². The zero-order valence-corrected chi connectivity index (χ0v) is 16.1. The van der Waals surface area contributed by atoms with Crippen molar-refractivity contribution in [3.63, 3.8) is 0 Å². The number of ether oxygens (including phenoxy) is 3. The van der Waals surface area contributed by atoms with E-state index < -0.39 is 10.0 Å². The number of sulfonamides is 1. The van der Waals surface area contributed by atoms with Crippen LogP contribution in [0.2, 0.25) is 0 Å². The maximum absolute atomic E-state index is 13.1. The standard InChI is InChI=1S/C18H23NO5S/c1-12-10-18(13(2)9-16(12)23-5)25(20,21)19(3)14-7-8-15(22-4)17(11-14)24-6/h7-11H,1-6H3. The van der Waals surface area contributed by atoms with E-state index >= 15 is 0 Å². The summed E-state index contributed by atoms with van der Waals surface area (Å²) in [5.41, 5.74) is 1.85. The molecular weight excluding hydrogens is 342 g/mol. The Labute approximate surface area is 149 Å². The third-order valence-corrected chi connectivity index (χ3v) is 5.99. The van der Waals surface area contributed by atoms with Crippen molar-refractivity contribution < 1.29 is 22.6 Å². The molecule has 0 aromatic heterocycles. The molecule has 136 valence electrons. The van der Waals surface area contributed by atoms with Crippen LogP contribution in [0.3, 0.4) is 0 Å². The zero-order chi connectivity index (χ0) is 18.8. The fourth-order valence-electron chi connectivity index (χ4n) is 2.57. The quantitative estimate of drug-likeness (QED) is 0.787. The Balaban J connectivity index is 2.51. The van der Waals surface area contributed by atoms with Crippen molar-refractivity contribution >= 4 is 15.7 Å². The summed E-state index contributed by atoms with van der Waals surface area (Å²) in [5.74, 6) is 1.66. The highest BCUT2D eigenvalue weighted by Gasteiger charge is 2.25. The molecule has 2 aromatic carbocycles. The van der Waals surface area contributed by atoms with Crippen molar-refractivity contribution in [1.82, 2.24) is 0 Å². The van der Waals surface area contributed by atoms with Crippen molar-refractivity contribution in [2.75, 3.05) is 32.7 Å². The SMILES string of the molecule is COc1cc(C)c(S(=O)(=O)N(C)c2ccc(OC)c(OC)c2)cc1C. The molecule has 0 atom stereocenters. The van der Waals surface area contributed by atoms with E-state index in [9.17, 15) is 8.42 Å². The number of methoxy groups -OCH3 is 3. The number of hydrogen-bond acceptors (Lipinski definition) is 5. The van der Waals surface area contributed by atoms with Gasteiger partial charge in [0.25, 0.3) is 10.0 Å². The van der Waals surface area contributed by atoms with Crippen LogP contribution in [-0.4, -0.2) is 36.8 Å². The first-order valence-electron chi connectivity index (χ1n) is 7.62. The second kappa shape index (κ2) is 7.23. The van der Waals surface area contributed by atoms with Crippen LogP contribution in [0.1, 0.15) is 11.1 Å². The molecule has 0 saturated heterocycles. The topological polar surface area (TPSA) is 65.1 Å². The van der Waals surface area contributed by atoms with Crippen molar-refractivity contribution in [2.45, 2.75) is 18.7 Å². The van der Waals surface area contributed by atoms with Crippen LogP contribution in [0.15, 0.2) is 35.2 Å². The molecule has 25 heavy (non-hydrogen) atoms. The second-order valence-electron chi connectivity index (χ2n) is 5.60. The Morgan fingerprint density at radius 2 is 1.40 bits per heavy atom. The number of nitrogens with zero attached hydrogens (tertiary/aromatic N) is 1. The van der Waals surface area contributed by atoms with Crippen LogP contribution < -0.4 is 18.5 Å². The van der Waals surface area contributed by atoms with E-state index in [1.807, 2.05) is 6.92 Å². The molecule has 0 radical (unpaired) electrons. The van der Waals surface area contributed by atoms with E-state index in [-0.39, 0.29) is 4.90 Å². The highest BCUT2D eigenvalue weighted by molar-refractivity contribution is 7.92. The van der Waals surface area contributed by atoms with Gasteiger partial charge in [0.05, 0.1) is 31.9 Å². The Morgan fingerprint density at radius 3 is 1.96 bits per heavy atom. The van der Waals surface area contributed by atoms with Gasteiger partial charge in [-0.1, -0.05) is 0 Å². The molecule has 0 aliphatic carbocycles. The van der Waals surface area contributed by atoms with Gasteiger partial charge in [-0.15, -0.1) is 0 Å². The lowest BCUT2D eigenvalue weighted by molar-refractivity contribution is 0.355. The van der Waals surface area contributed by atoms with Gasteiger partial charge in [-0.2, -0.15) is 0 Å². The molecule has 0 N–H and O–H groups in total. The molecule has 0 heterocycles. The van der Waals surface area contributed by atoms with Crippen molar-refractivity contribution in [2.24, 2.45) is 0 Å². The number of aryl methyl sites for hydroxylation is 2. The summed E-state index contributed by atoms with van der Waals surface area (Å²) in [6.07, 6.45) is 0. The molecule has 6 nitrogen and oxygen atoms in total. The zero-order valence-electron chi connectivity index (χ0n) is 15.3. The average Bonchev–Trinajstić information content (AvgIpc) is 2.61. The molecule has 2 rings (SSSR count). The van der Waals surface area contributed by atoms with Gasteiger partial charge in [0.15, 0.2) is 11.5 Å². The van der Waals surface area contributed by atoms with E-state index in [2.05, 4.69) is 0 Å². The van der Waals surface area contributed by atoms with Crippen LogP contribution >= 0.6 is 0 Å². The minimum Gasteiger partial charge on any atom is -0.496 e. The van der Waals surface area contributed by atoms with E-state index in [4.69, 9.17) is 14.2 Å². The Hall–Kier alpha value is -2.41. The third kappa shape index (κ3) is 3.51. The summed E-state index contributed by atoms with van der Waals surface area (Å²) in [6, 6.07) is 8.32. The highest BCUT2D eigenvalue weighted by atomic mass is 32.2. The van der Waals surface area contributed by atoms with Crippen molar-refractivity contribution in [3.05, 3.63) is 41.5 Å². The first kappa shape index (κ1) is 18.9. The molecule has 2 aromatic rings. The van der Waals surface area contributed by atoms with Crippen molar-refractivity contribution in [1.29, 1.82) is 0 Å². The predicted octanol–water partition coefficient (Wildman–Crippen LogP) is 3.15. The van der Waals surface area contributed by atoms with E-state index in [0.717, 1.165) is 5.56 Å². The summed E-state index contributed by atoms with van der Waals surface area (Å²) in [6.45, 7) is 3.56. The lowest BCUT2D eigenvalue weighted by atomic mass is 10.1. The van der Waals surface area contributed by atoms with E-state index in [1.165, 1.54) is 25.6 Å². The van der Waals surface area contributed by atoms with Gasteiger partial charge in [0.1, 0.15) is 5.75 Å². The Kier molecular flexibility index (Phi) is 5.47. The lowest BCUT2D eigenvalue weighted by Gasteiger charge is -2.22. The summed E-state index contributed by atoms with van der Waals surface area (Å²) >= 11 is 0. The van der Waals surface area contributed by atoms with Gasteiger partial charge in [-0.25, -0.2) is 8.42 Å². The molecule has 0 spiro atoms. The number of anilines is 1. The molecule has 0 amide bonds. The lowest BCUT2D eigenvalue weighted by Crippen LogP contribution is -2.27. The summed E-state index contributed by atoms with van der Waals surface area (Å²) in [7, 11) is 2.37. The number of benzene rings is 2. The average molecular weight is 365 g/mol. The monoisotopic (exact) mass is 365 g/mol. The molecular formula is C18H23NO5S. The molecule has 0 fully saturated rings.